The van der Waals surface area contributed by atoms with Crippen LogP contribution in [0.3, 0.4) is 0 Å². The van der Waals surface area contributed by atoms with Gasteiger partial charge in [-0.1, -0.05) is 49.9 Å². The minimum absolute atomic E-state index is 0.292. The summed E-state index contributed by atoms with van der Waals surface area (Å²) in [5, 5.41) is 10.5. The lowest BCUT2D eigenvalue weighted by Gasteiger charge is -2.21. The molecule has 0 saturated heterocycles. The van der Waals surface area contributed by atoms with Gasteiger partial charge < -0.3 is 9.84 Å². The summed E-state index contributed by atoms with van der Waals surface area (Å²) < 4.78 is 5.10. The molecule has 1 unspecified atom stereocenters. The molecule has 1 aromatic rings. The van der Waals surface area contributed by atoms with Crippen molar-refractivity contribution < 1.29 is 9.84 Å². The highest BCUT2D eigenvalue weighted by molar-refractivity contribution is 5.24. The van der Waals surface area contributed by atoms with Gasteiger partial charge in [-0.2, -0.15) is 0 Å². The summed E-state index contributed by atoms with van der Waals surface area (Å²) in [6.45, 7) is 0.639. The second-order valence-corrected chi connectivity index (χ2v) is 5.37. The maximum atomic E-state index is 10.5. The van der Waals surface area contributed by atoms with Gasteiger partial charge in [0, 0.05) is 7.11 Å². The van der Waals surface area contributed by atoms with E-state index in [1.165, 1.54) is 38.5 Å². The minimum Gasteiger partial charge on any atom is -0.388 e. The van der Waals surface area contributed by atoms with Crippen LogP contribution in [0.4, 0.5) is 0 Å². The van der Waals surface area contributed by atoms with Crippen molar-refractivity contribution in [3.05, 3.63) is 35.4 Å². The van der Waals surface area contributed by atoms with Gasteiger partial charge in [-0.05, 0) is 29.9 Å². The van der Waals surface area contributed by atoms with Crippen LogP contribution in [0.25, 0.3) is 0 Å². The third-order valence-electron chi connectivity index (χ3n) is 3.98. The van der Waals surface area contributed by atoms with Gasteiger partial charge in [-0.25, -0.2) is 0 Å². The Hall–Kier alpha value is -0.860. The van der Waals surface area contributed by atoms with Gasteiger partial charge in [0.25, 0.3) is 0 Å². The Kier molecular flexibility index (Phi) is 5.21. The number of aliphatic hydroxyl groups is 1. The molecule has 0 heterocycles. The minimum atomic E-state index is -0.292. The van der Waals surface area contributed by atoms with Gasteiger partial charge in [-0.15, -0.1) is 0 Å². The van der Waals surface area contributed by atoms with E-state index in [2.05, 4.69) is 12.1 Å². The van der Waals surface area contributed by atoms with Crippen LogP contribution < -0.4 is 0 Å². The van der Waals surface area contributed by atoms with Gasteiger partial charge in [0.05, 0.1) is 12.7 Å². The molecule has 1 atom stereocenters. The molecule has 2 nitrogen and oxygen atoms in total. The van der Waals surface area contributed by atoms with Gasteiger partial charge in [0.1, 0.15) is 0 Å². The van der Waals surface area contributed by atoms with E-state index in [0.717, 1.165) is 11.1 Å². The Labute approximate surface area is 110 Å². The fraction of sp³-hybridized carbons (Fsp3) is 0.625. The Morgan fingerprint density at radius 2 is 1.72 bits per heavy atom. The van der Waals surface area contributed by atoms with Crippen LogP contribution in [-0.2, 0) is 11.3 Å². The molecular formula is C16H24O2. The van der Waals surface area contributed by atoms with E-state index in [4.69, 9.17) is 4.74 Å². The molecule has 2 rings (SSSR count). The number of benzene rings is 1. The molecule has 1 fully saturated rings. The van der Waals surface area contributed by atoms with Crippen LogP contribution in [-0.4, -0.2) is 12.2 Å². The zero-order chi connectivity index (χ0) is 12.8. The maximum Gasteiger partial charge on any atom is 0.0818 e. The van der Waals surface area contributed by atoms with E-state index < -0.39 is 0 Å². The van der Waals surface area contributed by atoms with E-state index in [-0.39, 0.29) is 6.10 Å². The molecule has 0 bridgehead atoms. The number of ether oxygens (including phenoxy) is 1. The van der Waals surface area contributed by atoms with Crippen LogP contribution in [0.15, 0.2) is 24.3 Å². The van der Waals surface area contributed by atoms with Crippen LogP contribution >= 0.6 is 0 Å². The first-order chi connectivity index (χ1) is 8.81. The molecule has 2 heteroatoms. The van der Waals surface area contributed by atoms with Crippen molar-refractivity contribution in [2.45, 2.75) is 51.2 Å². The van der Waals surface area contributed by atoms with E-state index >= 15 is 0 Å². The molecule has 0 aliphatic heterocycles. The van der Waals surface area contributed by atoms with E-state index in [1.54, 1.807) is 7.11 Å². The largest absolute Gasteiger partial charge is 0.388 e. The van der Waals surface area contributed by atoms with Gasteiger partial charge in [0.2, 0.25) is 0 Å². The second-order valence-electron chi connectivity index (χ2n) is 5.37. The summed E-state index contributed by atoms with van der Waals surface area (Å²) >= 11 is 0. The zero-order valence-corrected chi connectivity index (χ0v) is 11.3. The molecule has 0 aromatic heterocycles. The van der Waals surface area contributed by atoms with E-state index in [0.29, 0.717) is 12.5 Å². The lowest BCUT2D eigenvalue weighted by molar-refractivity contribution is 0.0987. The topological polar surface area (TPSA) is 29.5 Å². The first-order valence-electron chi connectivity index (χ1n) is 7.07. The fourth-order valence-corrected chi connectivity index (χ4v) is 2.88. The average molecular weight is 248 g/mol. The standard InChI is InChI=1S/C16H24O2/c1-18-12-13-8-10-15(11-9-13)16(17)14-6-4-2-3-5-7-14/h8-11,14,16-17H,2-7,12H2,1H3. The summed E-state index contributed by atoms with van der Waals surface area (Å²) in [5.41, 5.74) is 2.22. The second kappa shape index (κ2) is 6.91. The first-order valence-corrected chi connectivity index (χ1v) is 7.07. The SMILES string of the molecule is COCc1ccc(C(O)C2CCCCCC2)cc1. The molecule has 1 aliphatic carbocycles. The smallest absolute Gasteiger partial charge is 0.0818 e. The van der Waals surface area contributed by atoms with Crippen LogP contribution in [0.1, 0.15) is 55.8 Å². The lowest BCUT2D eigenvalue weighted by Crippen LogP contribution is -2.12. The highest BCUT2D eigenvalue weighted by Gasteiger charge is 2.21. The number of hydrogen-bond acceptors (Lipinski definition) is 2. The predicted molar refractivity (Wildman–Crippen MR) is 73.3 cm³/mol. The quantitative estimate of drug-likeness (QED) is 0.820. The maximum absolute atomic E-state index is 10.5. The lowest BCUT2D eigenvalue weighted by atomic mass is 9.89. The Morgan fingerprint density at radius 3 is 2.28 bits per heavy atom. The normalized spacial score (nSPS) is 19.4. The van der Waals surface area contributed by atoms with Crippen molar-refractivity contribution in [3.8, 4) is 0 Å². The van der Waals surface area contributed by atoms with Crippen LogP contribution in [0.2, 0.25) is 0 Å². The summed E-state index contributed by atoms with van der Waals surface area (Å²) in [7, 11) is 1.70. The van der Waals surface area contributed by atoms with Crippen molar-refractivity contribution in [2.24, 2.45) is 5.92 Å². The summed E-state index contributed by atoms with van der Waals surface area (Å²) in [5.74, 6) is 0.445. The Morgan fingerprint density at radius 1 is 1.11 bits per heavy atom. The highest BCUT2D eigenvalue weighted by Crippen LogP contribution is 2.33. The molecule has 0 spiro atoms. The van der Waals surface area contributed by atoms with E-state index in [9.17, 15) is 5.11 Å². The predicted octanol–water partition coefficient (Wildman–Crippen LogP) is 3.84. The highest BCUT2D eigenvalue weighted by atomic mass is 16.5. The Bertz CT molecular complexity index is 337. The van der Waals surface area contributed by atoms with Crippen LogP contribution in [0.5, 0.6) is 0 Å². The molecule has 1 saturated carbocycles. The van der Waals surface area contributed by atoms with Crippen molar-refractivity contribution in [2.75, 3.05) is 7.11 Å². The van der Waals surface area contributed by atoms with Crippen molar-refractivity contribution in [3.63, 3.8) is 0 Å². The van der Waals surface area contributed by atoms with Crippen molar-refractivity contribution in [1.29, 1.82) is 0 Å². The third-order valence-corrected chi connectivity index (χ3v) is 3.98. The summed E-state index contributed by atoms with van der Waals surface area (Å²) in [6.07, 6.45) is 7.24. The summed E-state index contributed by atoms with van der Waals surface area (Å²) in [4.78, 5) is 0. The molecule has 1 N–H and O–H groups in total. The van der Waals surface area contributed by atoms with Crippen molar-refractivity contribution in [1.82, 2.24) is 0 Å². The number of hydrogen-bond donors (Lipinski definition) is 1. The molecular weight excluding hydrogens is 224 g/mol. The molecule has 0 amide bonds. The van der Waals surface area contributed by atoms with E-state index in [1.807, 2.05) is 12.1 Å². The van der Waals surface area contributed by atoms with Gasteiger partial charge >= 0.3 is 0 Å². The van der Waals surface area contributed by atoms with Crippen LogP contribution in [0, 0.1) is 5.92 Å². The van der Waals surface area contributed by atoms with Gasteiger partial charge in [0.15, 0.2) is 0 Å². The van der Waals surface area contributed by atoms with Crippen molar-refractivity contribution >= 4 is 0 Å². The molecule has 1 aromatic carbocycles. The fourth-order valence-electron chi connectivity index (χ4n) is 2.88. The zero-order valence-electron chi connectivity index (χ0n) is 11.3. The number of methoxy groups -OCH3 is 1. The molecule has 0 radical (unpaired) electrons. The third kappa shape index (κ3) is 3.56. The number of rotatable bonds is 4. The number of aliphatic hydroxyl groups excluding tert-OH is 1. The molecule has 100 valence electrons. The molecule has 18 heavy (non-hydrogen) atoms. The summed E-state index contributed by atoms with van der Waals surface area (Å²) in [6, 6.07) is 8.20. The Balaban J connectivity index is 2.00. The monoisotopic (exact) mass is 248 g/mol. The first kappa shape index (κ1) is 13.6. The van der Waals surface area contributed by atoms with Gasteiger partial charge in [-0.3, -0.25) is 0 Å². The molecule has 1 aliphatic rings. The average Bonchev–Trinajstić information content (AvgIpc) is 2.68.